The van der Waals surface area contributed by atoms with Gasteiger partial charge in [0, 0.05) is 12.6 Å². The van der Waals surface area contributed by atoms with E-state index < -0.39 is 0 Å². The summed E-state index contributed by atoms with van der Waals surface area (Å²) in [7, 11) is 0. The molecule has 0 saturated carbocycles. The highest BCUT2D eigenvalue weighted by Gasteiger charge is 2.18. The summed E-state index contributed by atoms with van der Waals surface area (Å²) >= 11 is 0. The zero-order valence-corrected chi connectivity index (χ0v) is 13.8. The van der Waals surface area contributed by atoms with E-state index in [1.165, 1.54) is 24.0 Å². The molecule has 0 heterocycles. The summed E-state index contributed by atoms with van der Waals surface area (Å²) < 4.78 is 0. The molecule has 2 heteroatoms. The number of aliphatic hydroxyl groups is 1. The maximum absolute atomic E-state index is 10.6. The monoisotopic (exact) mass is 277 g/mol. The van der Waals surface area contributed by atoms with Crippen LogP contribution in [0.2, 0.25) is 0 Å². The van der Waals surface area contributed by atoms with Gasteiger partial charge in [-0.25, -0.2) is 0 Å². The Morgan fingerprint density at radius 1 is 1.20 bits per heavy atom. The molecule has 2 unspecified atom stereocenters. The standard InChI is InChI=1S/C18H31NO/c1-6-8-11-19(16(5)7-2)13-18(20)17-10-9-14(3)12-15(17)4/h9-10,12,16,18,20H,6-8,11,13H2,1-5H3. The van der Waals surface area contributed by atoms with Gasteiger partial charge in [-0.1, -0.05) is 44.0 Å². The molecule has 1 N–H and O–H groups in total. The highest BCUT2D eigenvalue weighted by Crippen LogP contribution is 2.21. The summed E-state index contributed by atoms with van der Waals surface area (Å²) in [5, 5.41) is 10.6. The lowest BCUT2D eigenvalue weighted by Crippen LogP contribution is -2.37. The fourth-order valence-corrected chi connectivity index (χ4v) is 2.63. The number of aryl methyl sites for hydroxylation is 2. The van der Waals surface area contributed by atoms with E-state index in [4.69, 9.17) is 0 Å². The number of rotatable bonds is 8. The van der Waals surface area contributed by atoms with Crippen LogP contribution < -0.4 is 0 Å². The van der Waals surface area contributed by atoms with Crippen LogP contribution in [0.3, 0.4) is 0 Å². The van der Waals surface area contributed by atoms with Crippen molar-refractivity contribution in [3.63, 3.8) is 0 Å². The predicted octanol–water partition coefficient (Wildman–Crippen LogP) is 4.24. The third-order valence-corrected chi connectivity index (χ3v) is 4.20. The van der Waals surface area contributed by atoms with E-state index in [-0.39, 0.29) is 6.10 Å². The van der Waals surface area contributed by atoms with Crippen LogP contribution in [0.4, 0.5) is 0 Å². The molecule has 2 nitrogen and oxygen atoms in total. The molecule has 1 aromatic rings. The van der Waals surface area contributed by atoms with Crippen LogP contribution in [0.1, 0.15) is 62.8 Å². The summed E-state index contributed by atoms with van der Waals surface area (Å²) in [6.07, 6.45) is 3.14. The second kappa shape index (κ2) is 8.43. The van der Waals surface area contributed by atoms with Gasteiger partial charge >= 0.3 is 0 Å². The van der Waals surface area contributed by atoms with Gasteiger partial charge in [-0.3, -0.25) is 4.90 Å². The Morgan fingerprint density at radius 3 is 2.45 bits per heavy atom. The van der Waals surface area contributed by atoms with Crippen LogP contribution in [0, 0.1) is 13.8 Å². The molecule has 0 amide bonds. The van der Waals surface area contributed by atoms with Gasteiger partial charge in [0.25, 0.3) is 0 Å². The zero-order chi connectivity index (χ0) is 15.1. The van der Waals surface area contributed by atoms with E-state index in [2.05, 4.69) is 57.7 Å². The van der Waals surface area contributed by atoms with Gasteiger partial charge in [0.15, 0.2) is 0 Å². The van der Waals surface area contributed by atoms with Gasteiger partial charge in [0.05, 0.1) is 6.10 Å². The zero-order valence-electron chi connectivity index (χ0n) is 13.8. The van der Waals surface area contributed by atoms with E-state index in [9.17, 15) is 5.11 Å². The molecule has 0 aromatic heterocycles. The number of hydrogen-bond donors (Lipinski definition) is 1. The Balaban J connectivity index is 2.75. The molecule has 0 bridgehead atoms. The quantitative estimate of drug-likeness (QED) is 0.768. The van der Waals surface area contributed by atoms with Gasteiger partial charge in [-0.05, 0) is 51.3 Å². The minimum Gasteiger partial charge on any atom is -0.387 e. The fraction of sp³-hybridized carbons (Fsp3) is 0.667. The van der Waals surface area contributed by atoms with Gasteiger partial charge in [0.2, 0.25) is 0 Å². The van der Waals surface area contributed by atoms with Gasteiger partial charge in [-0.15, -0.1) is 0 Å². The van der Waals surface area contributed by atoms with Gasteiger partial charge in [-0.2, -0.15) is 0 Å². The van der Waals surface area contributed by atoms with Crippen molar-refractivity contribution in [2.75, 3.05) is 13.1 Å². The van der Waals surface area contributed by atoms with Gasteiger partial charge < -0.3 is 5.11 Å². The minimum atomic E-state index is -0.388. The first-order chi connectivity index (χ1) is 9.49. The van der Waals surface area contributed by atoms with Crippen molar-refractivity contribution >= 4 is 0 Å². The Hall–Kier alpha value is -0.860. The molecule has 114 valence electrons. The lowest BCUT2D eigenvalue weighted by Gasteiger charge is -2.31. The van der Waals surface area contributed by atoms with Crippen molar-refractivity contribution in [1.29, 1.82) is 0 Å². The van der Waals surface area contributed by atoms with Crippen LogP contribution >= 0.6 is 0 Å². The molecule has 0 saturated heterocycles. The summed E-state index contributed by atoms with van der Waals surface area (Å²) in [4.78, 5) is 2.42. The maximum Gasteiger partial charge on any atom is 0.0919 e. The van der Waals surface area contributed by atoms with Crippen LogP contribution in [-0.4, -0.2) is 29.1 Å². The third-order valence-electron chi connectivity index (χ3n) is 4.20. The predicted molar refractivity (Wildman–Crippen MR) is 87.1 cm³/mol. The number of hydrogen-bond acceptors (Lipinski definition) is 2. The van der Waals surface area contributed by atoms with Gasteiger partial charge in [0.1, 0.15) is 0 Å². The molecule has 1 rings (SSSR count). The SMILES string of the molecule is CCCCN(CC(O)c1ccc(C)cc1C)C(C)CC. The fourth-order valence-electron chi connectivity index (χ4n) is 2.63. The lowest BCUT2D eigenvalue weighted by molar-refractivity contribution is 0.0883. The Morgan fingerprint density at radius 2 is 1.90 bits per heavy atom. The number of benzene rings is 1. The summed E-state index contributed by atoms with van der Waals surface area (Å²) in [5.41, 5.74) is 3.51. The molecule has 0 fully saturated rings. The summed E-state index contributed by atoms with van der Waals surface area (Å²) in [6.45, 7) is 12.7. The molecule has 1 aromatic carbocycles. The molecular formula is C18H31NO. The molecule has 0 aliphatic heterocycles. The van der Waals surface area contributed by atoms with E-state index in [0.29, 0.717) is 6.04 Å². The molecular weight excluding hydrogens is 246 g/mol. The first kappa shape index (κ1) is 17.2. The molecule has 0 radical (unpaired) electrons. The average Bonchev–Trinajstić information content (AvgIpc) is 2.42. The second-order valence-corrected chi connectivity index (χ2v) is 5.98. The molecule has 2 atom stereocenters. The van der Waals surface area contributed by atoms with Crippen molar-refractivity contribution in [2.45, 2.75) is 66.0 Å². The third kappa shape index (κ3) is 4.92. The number of aliphatic hydroxyl groups excluding tert-OH is 1. The maximum atomic E-state index is 10.6. The van der Waals surface area contributed by atoms with Crippen molar-refractivity contribution in [1.82, 2.24) is 4.90 Å². The number of unbranched alkanes of at least 4 members (excludes halogenated alkanes) is 1. The first-order valence-electron chi connectivity index (χ1n) is 7.98. The lowest BCUT2D eigenvalue weighted by atomic mass is 10.00. The van der Waals surface area contributed by atoms with Crippen molar-refractivity contribution < 1.29 is 5.11 Å². The van der Waals surface area contributed by atoms with E-state index in [1.807, 2.05) is 0 Å². The minimum absolute atomic E-state index is 0.388. The molecule has 0 spiro atoms. The van der Waals surface area contributed by atoms with Crippen LogP contribution in [0.15, 0.2) is 18.2 Å². The largest absolute Gasteiger partial charge is 0.387 e. The van der Waals surface area contributed by atoms with E-state index in [0.717, 1.165) is 25.1 Å². The summed E-state index contributed by atoms with van der Waals surface area (Å²) in [5.74, 6) is 0. The smallest absolute Gasteiger partial charge is 0.0919 e. The average molecular weight is 277 g/mol. The Labute approximate surface area is 124 Å². The van der Waals surface area contributed by atoms with Crippen molar-refractivity contribution in [3.05, 3.63) is 34.9 Å². The molecule has 0 aliphatic rings. The van der Waals surface area contributed by atoms with E-state index >= 15 is 0 Å². The second-order valence-electron chi connectivity index (χ2n) is 5.98. The Bertz CT molecular complexity index is 402. The Kier molecular flexibility index (Phi) is 7.25. The topological polar surface area (TPSA) is 23.5 Å². The highest BCUT2D eigenvalue weighted by molar-refractivity contribution is 5.32. The summed E-state index contributed by atoms with van der Waals surface area (Å²) in [6, 6.07) is 6.84. The number of nitrogens with zero attached hydrogens (tertiary/aromatic N) is 1. The normalized spacial score (nSPS) is 14.6. The highest BCUT2D eigenvalue weighted by atomic mass is 16.3. The van der Waals surface area contributed by atoms with Crippen LogP contribution in [0.25, 0.3) is 0 Å². The van der Waals surface area contributed by atoms with Crippen LogP contribution in [-0.2, 0) is 0 Å². The van der Waals surface area contributed by atoms with Crippen LogP contribution in [0.5, 0.6) is 0 Å². The van der Waals surface area contributed by atoms with E-state index in [1.54, 1.807) is 0 Å². The molecule has 20 heavy (non-hydrogen) atoms. The first-order valence-corrected chi connectivity index (χ1v) is 7.98. The van der Waals surface area contributed by atoms with Crippen molar-refractivity contribution in [3.8, 4) is 0 Å². The van der Waals surface area contributed by atoms with Crippen molar-refractivity contribution in [2.24, 2.45) is 0 Å². The molecule has 0 aliphatic carbocycles.